The van der Waals surface area contributed by atoms with Crippen molar-refractivity contribution in [3.05, 3.63) is 114 Å². The van der Waals surface area contributed by atoms with E-state index in [1.807, 2.05) is 66.7 Å². The van der Waals surface area contributed by atoms with Crippen LogP contribution in [0.3, 0.4) is 0 Å². The smallest absolute Gasteiger partial charge is 0.319 e. The Hall–Kier alpha value is -5.18. The van der Waals surface area contributed by atoms with Crippen LogP contribution in [0.2, 0.25) is 0 Å². The summed E-state index contributed by atoms with van der Waals surface area (Å²) in [5.41, 5.74) is 2.81. The number of urea groups is 1. The molecular weight excluding hydrogens is 677 g/mol. The van der Waals surface area contributed by atoms with Gasteiger partial charge in [-0.1, -0.05) is 143 Å². The Morgan fingerprint density at radius 3 is 2.20 bits per heavy atom. The Balaban J connectivity index is 1.13. The van der Waals surface area contributed by atoms with Gasteiger partial charge in [-0.2, -0.15) is 0 Å². The average Bonchev–Trinajstić information content (AvgIpc) is 3.19. The molecule has 2 aliphatic rings. The Bertz CT molecular complexity index is 1860. The van der Waals surface area contributed by atoms with Crippen LogP contribution in [0.25, 0.3) is 10.8 Å². The molecule has 4 aromatic carbocycles. The van der Waals surface area contributed by atoms with Gasteiger partial charge in [0.25, 0.3) is 0 Å². The lowest BCUT2D eigenvalue weighted by atomic mass is 9.96. The molecule has 9 nitrogen and oxygen atoms in total. The van der Waals surface area contributed by atoms with Gasteiger partial charge in [-0.25, -0.2) is 4.79 Å². The molecule has 2 aliphatic heterocycles. The molecule has 0 spiro atoms. The molecule has 54 heavy (non-hydrogen) atoms. The van der Waals surface area contributed by atoms with Crippen LogP contribution in [0.4, 0.5) is 4.79 Å². The summed E-state index contributed by atoms with van der Waals surface area (Å²) in [5.74, 6) is -0.0853. The van der Waals surface area contributed by atoms with E-state index in [2.05, 4.69) is 30.4 Å². The van der Waals surface area contributed by atoms with E-state index in [1.54, 1.807) is 26.8 Å². The number of unbranched alkanes of at least 4 members (excludes halogenated alkanes) is 8. The van der Waals surface area contributed by atoms with Crippen molar-refractivity contribution in [2.45, 2.75) is 109 Å². The number of benzene rings is 4. The van der Waals surface area contributed by atoms with Crippen molar-refractivity contribution in [1.82, 2.24) is 20.0 Å². The zero-order chi connectivity index (χ0) is 37.7. The normalized spacial score (nSPS) is 17.1. The van der Waals surface area contributed by atoms with Crippen LogP contribution in [-0.2, 0) is 33.9 Å². The molecule has 1 N–H and O–H groups in total. The number of ether oxygens (including phenoxy) is 1. The van der Waals surface area contributed by atoms with Gasteiger partial charge in [-0.05, 0) is 46.0 Å². The van der Waals surface area contributed by atoms with Gasteiger partial charge in [0, 0.05) is 38.9 Å². The van der Waals surface area contributed by atoms with E-state index in [4.69, 9.17) is 4.74 Å². The molecule has 0 unspecified atom stereocenters. The number of carbonyl (C=O) groups is 4. The SMILES string of the molecule is CCCCCCCCCCCC(=O)Oc1ccc(C[C@H]2C(=O)N(Cc3cccc4ccccc34)C[C@@H]3N(C(=O)NCc4ccccc4)CCC(=O)N32)cc1. The van der Waals surface area contributed by atoms with E-state index in [1.165, 1.54) is 38.5 Å². The summed E-state index contributed by atoms with van der Waals surface area (Å²) in [7, 11) is 0. The molecule has 0 radical (unpaired) electrons. The van der Waals surface area contributed by atoms with E-state index in [0.717, 1.165) is 46.7 Å². The number of esters is 1. The third-order valence-electron chi connectivity index (χ3n) is 10.7. The number of nitrogens with zero attached hydrogens (tertiary/aromatic N) is 3. The second-order valence-corrected chi connectivity index (χ2v) is 14.6. The molecule has 0 aromatic heterocycles. The van der Waals surface area contributed by atoms with E-state index in [-0.39, 0.29) is 49.7 Å². The Labute approximate surface area is 319 Å². The van der Waals surface area contributed by atoms with Gasteiger partial charge in [0.1, 0.15) is 18.0 Å². The van der Waals surface area contributed by atoms with Gasteiger partial charge in [0.05, 0.1) is 6.54 Å². The summed E-state index contributed by atoms with van der Waals surface area (Å²) in [4.78, 5) is 59.6. The molecule has 0 aliphatic carbocycles. The summed E-state index contributed by atoms with van der Waals surface area (Å²) < 4.78 is 5.64. The largest absolute Gasteiger partial charge is 0.427 e. The minimum absolute atomic E-state index is 0.135. The maximum atomic E-state index is 14.4. The highest BCUT2D eigenvalue weighted by atomic mass is 16.5. The number of piperazine rings is 1. The molecule has 6 rings (SSSR count). The van der Waals surface area contributed by atoms with Crippen LogP contribution in [0.5, 0.6) is 5.75 Å². The molecule has 2 fully saturated rings. The first-order valence-electron chi connectivity index (χ1n) is 19.9. The van der Waals surface area contributed by atoms with Crippen molar-refractivity contribution < 1.29 is 23.9 Å². The fraction of sp³-hybridized carbons (Fsp3) is 0.422. The summed E-state index contributed by atoms with van der Waals surface area (Å²) in [6.45, 7) is 3.41. The fourth-order valence-corrected chi connectivity index (χ4v) is 7.75. The second-order valence-electron chi connectivity index (χ2n) is 14.6. The zero-order valence-corrected chi connectivity index (χ0v) is 31.6. The third-order valence-corrected chi connectivity index (χ3v) is 10.7. The van der Waals surface area contributed by atoms with Crippen LogP contribution in [0, 0.1) is 0 Å². The average molecular weight is 731 g/mol. The third kappa shape index (κ3) is 10.1. The van der Waals surface area contributed by atoms with Crippen LogP contribution in [0.15, 0.2) is 97.1 Å². The minimum atomic E-state index is -0.809. The molecule has 0 saturated carbocycles. The number of nitrogens with one attached hydrogen (secondary N) is 1. The molecule has 4 amide bonds. The molecule has 9 heteroatoms. The lowest BCUT2D eigenvalue weighted by molar-refractivity contribution is -0.167. The first kappa shape index (κ1) is 38.5. The fourth-order valence-electron chi connectivity index (χ4n) is 7.75. The van der Waals surface area contributed by atoms with Gasteiger partial charge in [0.2, 0.25) is 11.8 Å². The zero-order valence-electron chi connectivity index (χ0n) is 31.6. The molecule has 2 atom stereocenters. The minimum Gasteiger partial charge on any atom is -0.427 e. The van der Waals surface area contributed by atoms with Crippen LogP contribution >= 0.6 is 0 Å². The standard InChI is InChI=1S/C45H54N4O5/c1-2-3-4-5-6-7-8-9-13-23-43(51)54-38-26-24-34(25-27-38)30-40-44(52)47(32-37-21-16-20-36-19-14-15-22-39(36)37)33-41-48(29-28-42(50)49(40)41)45(53)46-31-35-17-11-10-12-18-35/h10-12,14-22,24-27,40-41H,2-9,13,23,28-33H2,1H3,(H,46,53)/t40-,41+/m0/s1. The van der Waals surface area contributed by atoms with Gasteiger partial charge >= 0.3 is 12.0 Å². The van der Waals surface area contributed by atoms with Gasteiger partial charge in [0.15, 0.2) is 0 Å². The van der Waals surface area contributed by atoms with E-state index in [9.17, 15) is 19.2 Å². The number of hydrogen-bond donors (Lipinski definition) is 1. The molecule has 0 bridgehead atoms. The topological polar surface area (TPSA) is 99.3 Å². The molecule has 2 saturated heterocycles. The number of hydrogen-bond acceptors (Lipinski definition) is 5. The highest BCUT2D eigenvalue weighted by molar-refractivity contribution is 5.92. The number of rotatable bonds is 17. The van der Waals surface area contributed by atoms with Crippen LogP contribution < -0.4 is 10.1 Å². The summed E-state index contributed by atoms with van der Waals surface area (Å²) in [5, 5.41) is 5.18. The summed E-state index contributed by atoms with van der Waals surface area (Å²) >= 11 is 0. The van der Waals surface area contributed by atoms with Crippen molar-refractivity contribution in [3.8, 4) is 5.75 Å². The molecular formula is C45H54N4O5. The first-order valence-corrected chi connectivity index (χ1v) is 19.9. The number of fused-ring (bicyclic) bond motifs is 2. The van der Waals surface area contributed by atoms with Crippen molar-refractivity contribution in [2.75, 3.05) is 13.1 Å². The summed E-state index contributed by atoms with van der Waals surface area (Å²) in [6.07, 6.45) is 10.8. The Kier molecular flexibility index (Phi) is 13.7. The predicted molar refractivity (Wildman–Crippen MR) is 211 cm³/mol. The predicted octanol–water partition coefficient (Wildman–Crippen LogP) is 8.39. The van der Waals surface area contributed by atoms with Crippen molar-refractivity contribution in [1.29, 1.82) is 0 Å². The monoisotopic (exact) mass is 730 g/mol. The second kappa shape index (κ2) is 19.2. The van der Waals surface area contributed by atoms with Gasteiger partial charge in [-0.15, -0.1) is 0 Å². The van der Waals surface area contributed by atoms with Crippen molar-refractivity contribution in [2.24, 2.45) is 0 Å². The van der Waals surface area contributed by atoms with Crippen molar-refractivity contribution in [3.63, 3.8) is 0 Å². The van der Waals surface area contributed by atoms with E-state index in [0.29, 0.717) is 25.3 Å². The maximum absolute atomic E-state index is 14.4. The van der Waals surface area contributed by atoms with Gasteiger partial charge in [-0.3, -0.25) is 14.4 Å². The number of amides is 4. The van der Waals surface area contributed by atoms with Gasteiger partial charge < -0.3 is 24.8 Å². The van der Waals surface area contributed by atoms with E-state index >= 15 is 0 Å². The first-order chi connectivity index (χ1) is 26.4. The summed E-state index contributed by atoms with van der Waals surface area (Å²) in [6, 6.07) is 30.0. The quantitative estimate of drug-likeness (QED) is 0.0669. The number of carbonyl (C=O) groups excluding carboxylic acids is 4. The molecule has 2 heterocycles. The molecule has 284 valence electrons. The maximum Gasteiger partial charge on any atom is 0.319 e. The molecule has 4 aromatic rings. The van der Waals surface area contributed by atoms with E-state index < -0.39 is 12.2 Å². The highest BCUT2D eigenvalue weighted by Gasteiger charge is 2.48. The Morgan fingerprint density at radius 2 is 1.44 bits per heavy atom. The lowest BCUT2D eigenvalue weighted by Gasteiger charge is -2.52. The Morgan fingerprint density at radius 1 is 0.759 bits per heavy atom. The van der Waals surface area contributed by atoms with Crippen molar-refractivity contribution >= 4 is 34.6 Å². The highest BCUT2D eigenvalue weighted by Crippen LogP contribution is 2.30. The lowest BCUT2D eigenvalue weighted by Crippen LogP contribution is -2.72. The van der Waals surface area contributed by atoms with Crippen LogP contribution in [0.1, 0.15) is 94.2 Å². The van der Waals surface area contributed by atoms with Crippen LogP contribution in [-0.4, -0.2) is 63.8 Å².